The first-order chi connectivity index (χ1) is 10.0. The van der Waals surface area contributed by atoms with Crippen molar-refractivity contribution in [3.63, 3.8) is 0 Å². The van der Waals surface area contributed by atoms with Gasteiger partial charge in [-0.1, -0.05) is 20.8 Å². The second-order valence-electron chi connectivity index (χ2n) is 7.12. The zero-order valence-electron chi connectivity index (χ0n) is 14.2. The van der Waals surface area contributed by atoms with Gasteiger partial charge in [-0.15, -0.1) is 0 Å². The van der Waals surface area contributed by atoms with E-state index in [1.807, 2.05) is 0 Å². The van der Waals surface area contributed by atoms with Gasteiger partial charge in [-0.3, -0.25) is 4.79 Å². The fourth-order valence-electron chi connectivity index (χ4n) is 4.23. The standard InChI is InChI=1S/C17H32N2O2/c1-5-18-17(16(20)21-4)9-6-15(12-17)19-10-7-14(8-11-19)13(2)3/h13-15,18H,5-12H2,1-4H3. The molecule has 1 heterocycles. The molecule has 4 heteroatoms. The number of rotatable bonds is 5. The number of likely N-dealkylation sites (N-methyl/N-ethyl adjacent to an activating group) is 1. The van der Waals surface area contributed by atoms with Gasteiger partial charge in [0.1, 0.15) is 5.54 Å². The van der Waals surface area contributed by atoms with E-state index in [-0.39, 0.29) is 5.97 Å². The van der Waals surface area contributed by atoms with Crippen LogP contribution >= 0.6 is 0 Å². The maximum atomic E-state index is 12.2. The summed E-state index contributed by atoms with van der Waals surface area (Å²) in [5.74, 6) is 1.59. The van der Waals surface area contributed by atoms with Crippen molar-refractivity contribution in [1.82, 2.24) is 10.2 Å². The third kappa shape index (κ3) is 3.59. The molecular formula is C17H32N2O2. The summed E-state index contributed by atoms with van der Waals surface area (Å²) in [7, 11) is 1.50. The second kappa shape index (κ2) is 7.10. The van der Waals surface area contributed by atoms with Crippen molar-refractivity contribution >= 4 is 5.97 Å². The molecule has 1 N–H and O–H groups in total. The summed E-state index contributed by atoms with van der Waals surface area (Å²) in [4.78, 5) is 14.8. The first-order valence-corrected chi connectivity index (χ1v) is 8.60. The van der Waals surface area contributed by atoms with Crippen molar-refractivity contribution in [2.45, 2.75) is 64.5 Å². The lowest BCUT2D eigenvalue weighted by Crippen LogP contribution is -2.52. The van der Waals surface area contributed by atoms with Crippen molar-refractivity contribution in [3.8, 4) is 0 Å². The number of ether oxygens (including phenoxy) is 1. The lowest BCUT2D eigenvalue weighted by molar-refractivity contribution is -0.148. The number of esters is 1. The van der Waals surface area contributed by atoms with Crippen molar-refractivity contribution in [3.05, 3.63) is 0 Å². The van der Waals surface area contributed by atoms with Crippen LogP contribution in [0, 0.1) is 11.8 Å². The third-order valence-corrected chi connectivity index (χ3v) is 5.61. The normalized spacial score (nSPS) is 31.8. The number of carbonyl (C=O) groups is 1. The average molecular weight is 296 g/mol. The van der Waals surface area contributed by atoms with Crippen LogP contribution in [-0.4, -0.2) is 49.2 Å². The molecule has 1 saturated carbocycles. The first-order valence-electron chi connectivity index (χ1n) is 8.60. The van der Waals surface area contributed by atoms with Crippen LogP contribution in [0.4, 0.5) is 0 Å². The van der Waals surface area contributed by atoms with Gasteiger partial charge in [0, 0.05) is 6.04 Å². The molecule has 1 aliphatic heterocycles. The third-order valence-electron chi connectivity index (χ3n) is 5.61. The number of hydrogen-bond donors (Lipinski definition) is 1. The van der Waals surface area contributed by atoms with E-state index in [0.29, 0.717) is 6.04 Å². The Balaban J connectivity index is 1.94. The Hall–Kier alpha value is -0.610. The molecule has 1 saturated heterocycles. The molecule has 2 atom stereocenters. The molecule has 0 amide bonds. The molecule has 0 aromatic heterocycles. The van der Waals surface area contributed by atoms with Crippen LogP contribution in [0.5, 0.6) is 0 Å². The maximum Gasteiger partial charge on any atom is 0.326 e. The van der Waals surface area contributed by atoms with Gasteiger partial charge in [0.15, 0.2) is 0 Å². The number of nitrogens with zero attached hydrogens (tertiary/aromatic N) is 1. The Morgan fingerprint density at radius 1 is 1.33 bits per heavy atom. The van der Waals surface area contributed by atoms with Gasteiger partial charge < -0.3 is 15.0 Å². The van der Waals surface area contributed by atoms with Gasteiger partial charge in [0.05, 0.1) is 7.11 Å². The van der Waals surface area contributed by atoms with E-state index in [1.165, 1.54) is 33.0 Å². The van der Waals surface area contributed by atoms with E-state index in [0.717, 1.165) is 37.6 Å². The number of nitrogens with one attached hydrogen (secondary N) is 1. The van der Waals surface area contributed by atoms with E-state index in [1.54, 1.807) is 0 Å². The molecular weight excluding hydrogens is 264 g/mol. The van der Waals surface area contributed by atoms with Gasteiger partial charge in [-0.2, -0.15) is 0 Å². The lowest BCUT2D eigenvalue weighted by atomic mass is 9.86. The minimum Gasteiger partial charge on any atom is -0.468 e. The number of carbonyl (C=O) groups excluding carboxylic acids is 1. The topological polar surface area (TPSA) is 41.6 Å². The van der Waals surface area contributed by atoms with Crippen LogP contribution in [0.25, 0.3) is 0 Å². The Morgan fingerprint density at radius 2 is 2.00 bits per heavy atom. The van der Waals surface area contributed by atoms with Gasteiger partial charge in [0.25, 0.3) is 0 Å². The average Bonchev–Trinajstić information content (AvgIpc) is 2.92. The van der Waals surface area contributed by atoms with Gasteiger partial charge in [-0.25, -0.2) is 0 Å². The Kier molecular flexibility index (Phi) is 5.67. The summed E-state index contributed by atoms with van der Waals surface area (Å²) in [6.07, 6.45) is 5.53. The number of methoxy groups -OCH3 is 1. The number of likely N-dealkylation sites (tertiary alicyclic amines) is 1. The van der Waals surface area contributed by atoms with Crippen LogP contribution in [0.2, 0.25) is 0 Å². The molecule has 0 spiro atoms. The second-order valence-corrected chi connectivity index (χ2v) is 7.12. The monoisotopic (exact) mass is 296 g/mol. The van der Waals surface area contributed by atoms with Crippen molar-refractivity contribution in [2.24, 2.45) is 11.8 Å². The predicted molar refractivity (Wildman–Crippen MR) is 85.2 cm³/mol. The largest absolute Gasteiger partial charge is 0.468 e. The van der Waals surface area contributed by atoms with E-state index < -0.39 is 5.54 Å². The lowest BCUT2D eigenvalue weighted by Gasteiger charge is -2.38. The zero-order valence-corrected chi connectivity index (χ0v) is 14.2. The van der Waals surface area contributed by atoms with Crippen LogP contribution in [0.15, 0.2) is 0 Å². The van der Waals surface area contributed by atoms with E-state index in [2.05, 4.69) is 31.0 Å². The minimum absolute atomic E-state index is 0.0797. The molecule has 2 unspecified atom stereocenters. The molecule has 2 fully saturated rings. The summed E-state index contributed by atoms with van der Waals surface area (Å²) < 4.78 is 5.05. The number of piperidine rings is 1. The Morgan fingerprint density at radius 3 is 2.52 bits per heavy atom. The van der Waals surface area contributed by atoms with Crippen molar-refractivity contribution < 1.29 is 9.53 Å². The Labute approximate surface area is 129 Å². The fourth-order valence-corrected chi connectivity index (χ4v) is 4.23. The van der Waals surface area contributed by atoms with E-state index in [9.17, 15) is 4.79 Å². The summed E-state index contributed by atoms with van der Waals surface area (Å²) in [5, 5.41) is 3.40. The van der Waals surface area contributed by atoms with Crippen LogP contribution < -0.4 is 5.32 Å². The quantitative estimate of drug-likeness (QED) is 0.791. The van der Waals surface area contributed by atoms with Crippen LogP contribution in [-0.2, 0) is 9.53 Å². The highest BCUT2D eigenvalue weighted by atomic mass is 16.5. The van der Waals surface area contributed by atoms with Crippen molar-refractivity contribution in [1.29, 1.82) is 0 Å². The summed E-state index contributed by atoms with van der Waals surface area (Å²) in [6.45, 7) is 9.93. The zero-order chi connectivity index (χ0) is 15.5. The molecule has 1 aliphatic carbocycles. The van der Waals surface area contributed by atoms with E-state index >= 15 is 0 Å². The molecule has 0 radical (unpaired) electrons. The molecule has 0 aromatic carbocycles. The highest BCUT2D eigenvalue weighted by Gasteiger charge is 2.47. The molecule has 0 bridgehead atoms. The molecule has 21 heavy (non-hydrogen) atoms. The van der Waals surface area contributed by atoms with Gasteiger partial charge in [-0.05, 0) is 63.6 Å². The highest BCUT2D eigenvalue weighted by molar-refractivity contribution is 5.81. The van der Waals surface area contributed by atoms with Gasteiger partial charge in [0.2, 0.25) is 0 Å². The minimum atomic E-state index is -0.441. The summed E-state index contributed by atoms with van der Waals surface area (Å²) in [6, 6.07) is 0.538. The Bertz CT molecular complexity index is 351. The van der Waals surface area contributed by atoms with Crippen LogP contribution in [0.1, 0.15) is 52.9 Å². The fraction of sp³-hybridized carbons (Fsp3) is 0.941. The first kappa shape index (κ1) is 16.8. The molecule has 122 valence electrons. The maximum absolute atomic E-state index is 12.2. The van der Waals surface area contributed by atoms with Crippen molar-refractivity contribution in [2.75, 3.05) is 26.7 Å². The van der Waals surface area contributed by atoms with Gasteiger partial charge >= 0.3 is 5.97 Å². The van der Waals surface area contributed by atoms with E-state index in [4.69, 9.17) is 4.74 Å². The van der Waals surface area contributed by atoms with Crippen LogP contribution in [0.3, 0.4) is 0 Å². The number of hydrogen-bond acceptors (Lipinski definition) is 4. The smallest absolute Gasteiger partial charge is 0.326 e. The summed E-state index contributed by atoms with van der Waals surface area (Å²) in [5.41, 5.74) is -0.441. The molecule has 4 nitrogen and oxygen atoms in total. The SMILES string of the molecule is CCNC1(C(=O)OC)CCC(N2CCC(C(C)C)CC2)C1. The molecule has 2 rings (SSSR count). The molecule has 0 aromatic rings. The highest BCUT2D eigenvalue weighted by Crippen LogP contribution is 2.36. The molecule has 2 aliphatic rings. The predicted octanol–water partition coefficient (Wildman–Crippen LogP) is 2.43. The summed E-state index contributed by atoms with van der Waals surface area (Å²) >= 11 is 0.